The number of nitrogens with one attached hydrogen (secondary N) is 2. The number of carbonyl (C=O) groups is 1. The van der Waals surface area contributed by atoms with Gasteiger partial charge in [0.15, 0.2) is 23.0 Å². The van der Waals surface area contributed by atoms with Gasteiger partial charge in [-0.05, 0) is 17.7 Å². The minimum atomic E-state index is -0.364. The van der Waals surface area contributed by atoms with Crippen LogP contribution in [0.3, 0.4) is 0 Å². The van der Waals surface area contributed by atoms with E-state index in [1.165, 1.54) is 21.3 Å². The zero-order chi connectivity index (χ0) is 18.5. The number of benzene rings is 2. The quantitative estimate of drug-likeness (QED) is 0.824. The Hall–Kier alpha value is -3.29. The molecule has 0 aromatic heterocycles. The number of anilines is 1. The molecule has 1 aliphatic rings. The Labute approximate surface area is 151 Å². The Morgan fingerprint density at radius 2 is 1.69 bits per heavy atom. The van der Waals surface area contributed by atoms with E-state index < -0.39 is 0 Å². The maximum atomic E-state index is 12.2. The number of ether oxygens (including phenoxy) is 5. The molecule has 8 heteroatoms. The molecule has 0 atom stereocenters. The summed E-state index contributed by atoms with van der Waals surface area (Å²) in [6.45, 7) is 0.556. The third-order valence-corrected chi connectivity index (χ3v) is 3.81. The van der Waals surface area contributed by atoms with Crippen molar-refractivity contribution in [2.24, 2.45) is 0 Å². The van der Waals surface area contributed by atoms with Gasteiger partial charge in [0, 0.05) is 18.7 Å². The molecule has 0 bridgehead atoms. The van der Waals surface area contributed by atoms with Crippen molar-refractivity contribution in [3.8, 4) is 28.7 Å². The highest BCUT2D eigenvalue weighted by atomic mass is 16.7. The number of urea groups is 1. The van der Waals surface area contributed by atoms with Gasteiger partial charge in [0.25, 0.3) is 0 Å². The number of fused-ring (bicyclic) bond motifs is 1. The van der Waals surface area contributed by atoms with Crippen molar-refractivity contribution in [1.29, 1.82) is 0 Å². The van der Waals surface area contributed by atoms with E-state index in [1.54, 1.807) is 12.1 Å². The van der Waals surface area contributed by atoms with E-state index in [2.05, 4.69) is 10.6 Å². The molecule has 138 valence electrons. The molecule has 26 heavy (non-hydrogen) atoms. The topological polar surface area (TPSA) is 87.3 Å². The molecule has 3 rings (SSSR count). The first-order valence-electron chi connectivity index (χ1n) is 7.88. The van der Waals surface area contributed by atoms with Crippen molar-refractivity contribution in [2.75, 3.05) is 33.4 Å². The van der Waals surface area contributed by atoms with Gasteiger partial charge in [0.1, 0.15) is 0 Å². The van der Waals surface area contributed by atoms with E-state index in [4.69, 9.17) is 23.7 Å². The third-order valence-electron chi connectivity index (χ3n) is 3.81. The van der Waals surface area contributed by atoms with E-state index >= 15 is 0 Å². The molecule has 0 aliphatic carbocycles. The molecule has 0 saturated carbocycles. The zero-order valence-corrected chi connectivity index (χ0v) is 14.8. The Balaban J connectivity index is 1.64. The Bertz CT molecular complexity index is 783. The van der Waals surface area contributed by atoms with Crippen molar-refractivity contribution < 1.29 is 28.5 Å². The summed E-state index contributed by atoms with van der Waals surface area (Å²) < 4.78 is 26.4. The summed E-state index contributed by atoms with van der Waals surface area (Å²) in [7, 11) is 4.55. The van der Waals surface area contributed by atoms with Crippen LogP contribution in [-0.2, 0) is 6.54 Å². The van der Waals surface area contributed by atoms with Gasteiger partial charge < -0.3 is 34.3 Å². The summed E-state index contributed by atoms with van der Waals surface area (Å²) in [6, 6.07) is 8.46. The Morgan fingerprint density at radius 3 is 2.35 bits per heavy atom. The number of hydrogen-bond acceptors (Lipinski definition) is 6. The molecule has 2 aromatic rings. The van der Waals surface area contributed by atoms with Crippen LogP contribution in [0.4, 0.5) is 10.5 Å². The lowest BCUT2D eigenvalue weighted by Gasteiger charge is -2.15. The maximum absolute atomic E-state index is 12.2. The highest BCUT2D eigenvalue weighted by Gasteiger charge is 2.15. The average molecular weight is 360 g/mol. The molecule has 2 N–H and O–H groups in total. The maximum Gasteiger partial charge on any atom is 0.319 e. The highest BCUT2D eigenvalue weighted by molar-refractivity contribution is 5.90. The molecule has 0 saturated heterocycles. The summed E-state index contributed by atoms with van der Waals surface area (Å²) in [5.74, 6) is 2.75. The molecule has 1 heterocycles. The Kier molecular flexibility index (Phi) is 5.21. The van der Waals surface area contributed by atoms with Crippen LogP contribution in [0.25, 0.3) is 0 Å². The molecule has 0 fully saturated rings. The van der Waals surface area contributed by atoms with Crippen LogP contribution in [-0.4, -0.2) is 34.2 Å². The normalized spacial score (nSPS) is 11.7. The average Bonchev–Trinajstić information content (AvgIpc) is 3.13. The summed E-state index contributed by atoms with van der Waals surface area (Å²) in [5.41, 5.74) is 1.41. The smallest absolute Gasteiger partial charge is 0.319 e. The second kappa shape index (κ2) is 7.73. The summed E-state index contributed by atoms with van der Waals surface area (Å²) >= 11 is 0. The fourth-order valence-corrected chi connectivity index (χ4v) is 2.56. The fourth-order valence-electron chi connectivity index (χ4n) is 2.56. The number of hydrogen-bond donors (Lipinski definition) is 2. The second-order valence-electron chi connectivity index (χ2n) is 5.41. The van der Waals surface area contributed by atoms with Crippen LogP contribution >= 0.6 is 0 Å². The molecule has 0 radical (unpaired) electrons. The monoisotopic (exact) mass is 360 g/mol. The molecular weight excluding hydrogens is 340 g/mol. The van der Waals surface area contributed by atoms with Gasteiger partial charge in [0.05, 0.1) is 27.0 Å². The number of amides is 2. The Morgan fingerprint density at radius 1 is 1.00 bits per heavy atom. The molecule has 1 aliphatic heterocycles. The summed E-state index contributed by atoms with van der Waals surface area (Å²) in [6.07, 6.45) is 0. The van der Waals surface area contributed by atoms with Crippen molar-refractivity contribution in [2.45, 2.75) is 6.54 Å². The first-order chi connectivity index (χ1) is 12.6. The van der Waals surface area contributed by atoms with E-state index in [0.29, 0.717) is 41.0 Å². The van der Waals surface area contributed by atoms with Gasteiger partial charge in [-0.15, -0.1) is 0 Å². The third kappa shape index (κ3) is 3.69. The molecule has 8 nitrogen and oxygen atoms in total. The van der Waals surface area contributed by atoms with Crippen LogP contribution in [0.1, 0.15) is 5.56 Å². The van der Waals surface area contributed by atoms with Gasteiger partial charge in [-0.25, -0.2) is 4.79 Å². The summed E-state index contributed by atoms with van der Waals surface area (Å²) in [5, 5.41) is 5.53. The van der Waals surface area contributed by atoms with Crippen molar-refractivity contribution >= 4 is 11.7 Å². The molecule has 2 amide bonds. The zero-order valence-electron chi connectivity index (χ0n) is 14.8. The van der Waals surface area contributed by atoms with Crippen molar-refractivity contribution in [3.05, 3.63) is 35.9 Å². The van der Waals surface area contributed by atoms with Gasteiger partial charge in [-0.1, -0.05) is 6.07 Å². The highest BCUT2D eigenvalue weighted by Crippen LogP contribution is 2.39. The summed E-state index contributed by atoms with van der Waals surface area (Å²) in [4.78, 5) is 12.2. The first kappa shape index (κ1) is 17.5. The molecule has 0 unspecified atom stereocenters. The number of methoxy groups -OCH3 is 3. The molecule has 0 spiro atoms. The first-order valence-corrected chi connectivity index (χ1v) is 7.88. The lowest BCUT2D eigenvalue weighted by molar-refractivity contribution is 0.174. The molecular formula is C18H20N2O6. The largest absolute Gasteiger partial charge is 0.493 e. The van der Waals surface area contributed by atoms with Crippen LogP contribution < -0.4 is 34.3 Å². The minimum absolute atomic E-state index is 0.216. The van der Waals surface area contributed by atoms with Gasteiger partial charge >= 0.3 is 6.03 Å². The minimum Gasteiger partial charge on any atom is -0.493 e. The standard InChI is InChI=1S/C18H20N2O6/c1-22-15-7-12(8-16(23-2)17(15)24-3)20-18(21)19-9-11-4-5-13-14(6-11)26-10-25-13/h4-8H,9-10H2,1-3H3,(H2,19,20,21). The lowest BCUT2D eigenvalue weighted by Crippen LogP contribution is -2.28. The van der Waals surface area contributed by atoms with E-state index in [-0.39, 0.29) is 12.8 Å². The lowest BCUT2D eigenvalue weighted by atomic mass is 10.2. The van der Waals surface area contributed by atoms with Crippen LogP contribution in [0.5, 0.6) is 28.7 Å². The van der Waals surface area contributed by atoms with E-state index in [9.17, 15) is 4.79 Å². The van der Waals surface area contributed by atoms with Crippen LogP contribution in [0.15, 0.2) is 30.3 Å². The van der Waals surface area contributed by atoms with Gasteiger partial charge in [-0.2, -0.15) is 0 Å². The van der Waals surface area contributed by atoms with Crippen molar-refractivity contribution in [1.82, 2.24) is 5.32 Å². The van der Waals surface area contributed by atoms with Crippen LogP contribution in [0, 0.1) is 0 Å². The number of carbonyl (C=O) groups excluding carboxylic acids is 1. The number of rotatable bonds is 6. The van der Waals surface area contributed by atoms with Crippen molar-refractivity contribution in [3.63, 3.8) is 0 Å². The van der Waals surface area contributed by atoms with Crippen LogP contribution in [0.2, 0.25) is 0 Å². The molecule has 2 aromatic carbocycles. The van der Waals surface area contributed by atoms with Gasteiger partial charge in [0.2, 0.25) is 12.5 Å². The fraction of sp³-hybridized carbons (Fsp3) is 0.278. The SMILES string of the molecule is COc1cc(NC(=O)NCc2ccc3c(c2)OCO3)cc(OC)c1OC. The van der Waals surface area contributed by atoms with E-state index in [1.807, 2.05) is 18.2 Å². The van der Waals surface area contributed by atoms with E-state index in [0.717, 1.165) is 5.56 Å². The second-order valence-corrected chi connectivity index (χ2v) is 5.41. The predicted octanol–water partition coefficient (Wildman–Crippen LogP) is 2.76. The predicted molar refractivity (Wildman–Crippen MR) is 94.5 cm³/mol. The van der Waals surface area contributed by atoms with Gasteiger partial charge in [-0.3, -0.25) is 0 Å².